The van der Waals surface area contributed by atoms with E-state index in [-0.39, 0.29) is 0 Å². The van der Waals surface area contributed by atoms with Crippen LogP contribution in [0.4, 0.5) is 5.69 Å². The molecule has 4 aliphatic rings. The zero-order valence-electron chi connectivity index (χ0n) is 68.3. The van der Waals surface area contributed by atoms with E-state index >= 15 is 0 Å². The van der Waals surface area contributed by atoms with Gasteiger partial charge in [-0.05, 0) is 186 Å². The summed E-state index contributed by atoms with van der Waals surface area (Å²) in [4.78, 5) is 70.3. The lowest BCUT2D eigenvalue weighted by atomic mass is 9.87. The van der Waals surface area contributed by atoms with E-state index in [9.17, 15) is 0 Å². The molecule has 0 radical (unpaired) electrons. The van der Waals surface area contributed by atoms with Gasteiger partial charge in [-0.15, -0.1) is 0 Å². The Morgan fingerprint density at radius 1 is 0.400 bits per heavy atom. The molecular weight excluding hydrogens is 1490 g/mol. The van der Waals surface area contributed by atoms with Crippen LogP contribution >= 0.6 is 0 Å². The van der Waals surface area contributed by atoms with Gasteiger partial charge in [-0.1, -0.05) is 147 Å². The quantitative estimate of drug-likeness (QED) is 0.0825. The summed E-state index contributed by atoms with van der Waals surface area (Å²) in [6.07, 6.45) is 31.7. The Balaban J connectivity index is 0.000000103. The maximum atomic E-state index is 5.92. The van der Waals surface area contributed by atoms with Crippen LogP contribution in [0.5, 0.6) is 5.75 Å². The number of nitrogens with zero attached hydrogens (tertiary/aromatic N) is 18. The molecule has 0 bridgehead atoms. The standard InChI is InChI=1S/C23H22N4.C21H20N4O.C20H24N4.C19H17N3.C17H13N3O/c1-2-8-17(9-3-1)23-21-12-6-7-15-27(21)22(26-23)14-13-18-16-24-19-10-4-5-11-20(19)25-18;1-25-18-10-8-14-5-4-12-26-21(14)20(18)24-19(25)11-9-15-13-22-16-6-2-3-7-17(16)23-15;1-24-14-19(15-7-3-2-4-8-15)23-20(24)12-11-16-13-21-17-9-5-6-10-18(17)22-16;1-13-16(22-19-9-5-4-8-18(19)20-13)11-10-15-12-14-6-2-3-7-17(14)21-15;1-2-6-14-13(5-1)18-11-12(19-14)9-10-17-20-15-7-3-4-8-16(15)21-17/h1-5,8-11,16H,6-7,12-15H2;2-3,6-8,10,13H,4-5,9,11-12H2,1H3;5-6,9-10,13-15H,2-4,7-8,11-12H2,1H3;2-9H,10-12H2,1H3;1-8,11H,9-10H2. The van der Waals surface area contributed by atoms with Crippen molar-refractivity contribution in [2.75, 3.05) is 6.61 Å². The van der Waals surface area contributed by atoms with Gasteiger partial charge in [-0.2, -0.15) is 0 Å². The lowest BCUT2D eigenvalue weighted by molar-refractivity contribution is 0.291. The van der Waals surface area contributed by atoms with Crippen molar-refractivity contribution in [1.82, 2.24) is 83.5 Å². The van der Waals surface area contributed by atoms with E-state index in [1.807, 2.05) is 183 Å². The van der Waals surface area contributed by atoms with Crippen LogP contribution in [0.1, 0.15) is 144 Å². The van der Waals surface area contributed by atoms with Crippen molar-refractivity contribution in [2.45, 2.75) is 154 Å². The van der Waals surface area contributed by atoms with E-state index < -0.39 is 0 Å². The Kier molecular flexibility index (Phi) is 23.7. The van der Waals surface area contributed by atoms with Crippen molar-refractivity contribution >= 4 is 88.7 Å². The highest BCUT2D eigenvalue weighted by atomic mass is 16.5. The highest BCUT2D eigenvalue weighted by Crippen LogP contribution is 2.36. The van der Waals surface area contributed by atoms with Gasteiger partial charge in [0.1, 0.15) is 34.3 Å². The molecule has 0 N–H and O–H groups in total. The molecule has 9 aromatic heterocycles. The van der Waals surface area contributed by atoms with Gasteiger partial charge in [0.25, 0.3) is 0 Å². The minimum atomic E-state index is 0.666. The van der Waals surface area contributed by atoms with Crippen molar-refractivity contribution in [2.24, 2.45) is 19.1 Å². The van der Waals surface area contributed by atoms with Crippen molar-refractivity contribution in [1.29, 1.82) is 0 Å². The number of para-hydroxylation sites is 13. The fraction of sp³-hybridized carbons (Fsp3) is 0.270. The van der Waals surface area contributed by atoms with Crippen LogP contribution in [-0.4, -0.2) is 95.8 Å². The number of ether oxygens (including phenoxy) is 1. The Labute approximate surface area is 697 Å². The number of aromatic nitrogens is 17. The Bertz CT molecular complexity index is 6640. The van der Waals surface area contributed by atoms with Crippen molar-refractivity contribution < 1.29 is 9.15 Å². The molecule has 9 aromatic carbocycles. The molecule has 0 spiro atoms. The first-order valence-electron chi connectivity index (χ1n) is 42.4. The van der Waals surface area contributed by atoms with E-state index in [1.54, 1.807) is 0 Å². The lowest BCUT2D eigenvalue weighted by Crippen LogP contribution is -2.13. The first-order valence-corrected chi connectivity index (χ1v) is 42.4. The molecule has 120 heavy (non-hydrogen) atoms. The Morgan fingerprint density at radius 3 is 1.54 bits per heavy atom. The van der Waals surface area contributed by atoms with Crippen LogP contribution in [0.15, 0.2) is 253 Å². The molecule has 20 nitrogen and oxygen atoms in total. The normalized spacial score (nSPS) is 13.6. The van der Waals surface area contributed by atoms with Crippen molar-refractivity contribution in [3.8, 4) is 17.0 Å². The maximum Gasteiger partial charge on any atom is 0.195 e. The Morgan fingerprint density at radius 2 is 0.933 bits per heavy atom. The molecule has 1 aliphatic carbocycles. The molecule has 598 valence electrons. The first kappa shape index (κ1) is 77.7. The third-order valence-corrected chi connectivity index (χ3v) is 23.2. The number of aryl methyl sites for hydroxylation is 13. The molecule has 3 aliphatic heterocycles. The number of aliphatic imine (C=N–C) groups is 1. The number of fused-ring (bicyclic) bond motifs is 11. The second kappa shape index (κ2) is 36.6. The topological polar surface area (TPSA) is 230 Å². The van der Waals surface area contributed by atoms with Gasteiger partial charge in [-0.25, -0.2) is 49.8 Å². The number of oxazole rings is 1. The molecular formula is C100H96N18O2. The summed E-state index contributed by atoms with van der Waals surface area (Å²) in [5.74, 6) is 5.77. The van der Waals surface area contributed by atoms with Gasteiger partial charge in [0.15, 0.2) is 11.5 Å². The second-order valence-electron chi connectivity index (χ2n) is 31.5. The fourth-order valence-corrected chi connectivity index (χ4v) is 16.7. The molecule has 1 saturated carbocycles. The van der Waals surface area contributed by atoms with E-state index in [2.05, 4.69) is 130 Å². The summed E-state index contributed by atoms with van der Waals surface area (Å²) >= 11 is 0. The minimum Gasteiger partial charge on any atom is -0.491 e. The maximum absolute atomic E-state index is 5.92. The molecule has 12 heterocycles. The number of hydrogen-bond donors (Lipinski definition) is 0. The van der Waals surface area contributed by atoms with E-state index in [1.165, 1.54) is 84.6 Å². The fourth-order valence-electron chi connectivity index (χ4n) is 16.7. The number of hydrogen-bond acceptors (Lipinski definition) is 17. The summed E-state index contributed by atoms with van der Waals surface area (Å²) in [6, 6.07) is 71.0. The molecule has 0 amide bonds. The van der Waals surface area contributed by atoms with Gasteiger partial charge in [-0.3, -0.25) is 24.9 Å². The van der Waals surface area contributed by atoms with E-state index in [0.717, 1.165) is 249 Å². The van der Waals surface area contributed by atoms with Gasteiger partial charge >= 0.3 is 0 Å². The predicted octanol–water partition coefficient (Wildman–Crippen LogP) is 20.2. The lowest BCUT2D eigenvalue weighted by Gasteiger charge is -2.19. The van der Waals surface area contributed by atoms with Crippen molar-refractivity contribution in [3.63, 3.8) is 0 Å². The average molecular weight is 1580 g/mol. The van der Waals surface area contributed by atoms with Crippen molar-refractivity contribution in [3.05, 3.63) is 323 Å². The first-order chi connectivity index (χ1) is 59.1. The summed E-state index contributed by atoms with van der Waals surface area (Å²) in [7, 11) is 4.19. The molecule has 0 unspecified atom stereocenters. The smallest absolute Gasteiger partial charge is 0.195 e. The zero-order valence-corrected chi connectivity index (χ0v) is 68.3. The van der Waals surface area contributed by atoms with Gasteiger partial charge in [0.05, 0.1) is 119 Å². The van der Waals surface area contributed by atoms with Crippen LogP contribution in [-0.2, 0) is 97.7 Å². The second-order valence-corrected chi connectivity index (χ2v) is 31.5. The third kappa shape index (κ3) is 18.3. The molecule has 20 heteroatoms. The number of benzene rings is 9. The third-order valence-electron chi connectivity index (χ3n) is 23.2. The van der Waals surface area contributed by atoms with Crippen LogP contribution < -0.4 is 4.74 Å². The molecule has 18 aromatic rings. The minimum absolute atomic E-state index is 0.666. The summed E-state index contributed by atoms with van der Waals surface area (Å²) < 4.78 is 18.4. The zero-order chi connectivity index (χ0) is 80.9. The largest absolute Gasteiger partial charge is 0.491 e. The summed E-state index contributed by atoms with van der Waals surface area (Å²) in [6.45, 7) is 3.90. The van der Waals surface area contributed by atoms with Crippen LogP contribution in [0.2, 0.25) is 0 Å². The molecule has 0 atom stereocenters. The number of rotatable bonds is 17. The average Bonchev–Trinajstić information content (AvgIpc) is 1.69. The molecule has 1 fully saturated rings. The summed E-state index contributed by atoms with van der Waals surface area (Å²) in [5.41, 5.74) is 29.5. The highest BCUT2D eigenvalue weighted by Gasteiger charge is 2.24. The van der Waals surface area contributed by atoms with E-state index in [4.69, 9.17) is 49.0 Å². The van der Waals surface area contributed by atoms with Gasteiger partial charge in [0.2, 0.25) is 0 Å². The number of imidazole rings is 3. The van der Waals surface area contributed by atoms with Gasteiger partial charge in [0, 0.05) is 107 Å². The molecule has 22 rings (SSSR count). The highest BCUT2D eigenvalue weighted by molar-refractivity contribution is 5.94. The predicted molar refractivity (Wildman–Crippen MR) is 476 cm³/mol. The van der Waals surface area contributed by atoms with Crippen LogP contribution in [0.25, 0.3) is 88.6 Å². The van der Waals surface area contributed by atoms with Crippen LogP contribution in [0.3, 0.4) is 0 Å². The van der Waals surface area contributed by atoms with Crippen LogP contribution in [0, 0.1) is 6.92 Å². The SMILES string of the molecule is Cc1nc2ccccc2nc1CCC1=Nc2ccccc2C1.Cn1c(CCc2cnc3ccccc3n2)nc2c3c(ccc21)CCCO3.Cn1cc(C2CCCCC2)nc1CCc1cnc2ccccc2n1.c1ccc(-c2nc(CCc3cnc4ccccc4n3)n3c2CCCC3)cc1.c1ccc2nc(CCc3nc4ccccc4o3)cnc2c1. The van der Waals surface area contributed by atoms with Gasteiger partial charge < -0.3 is 22.9 Å². The monoisotopic (exact) mass is 1580 g/mol. The van der Waals surface area contributed by atoms with E-state index in [0.29, 0.717) is 5.92 Å². The molecule has 0 saturated heterocycles. The summed E-state index contributed by atoms with van der Waals surface area (Å²) in [5, 5.41) is 0. The Hall–Kier alpha value is -13.5.